The average Bonchev–Trinajstić information content (AvgIpc) is 3.55. The first-order chi connectivity index (χ1) is 21.2. The molecule has 4 aromatic rings. The molecule has 0 bridgehead atoms. The summed E-state index contributed by atoms with van der Waals surface area (Å²) >= 11 is 0. The number of carbonyl (C=O) groups excluding carboxylic acids is 2. The number of anilines is 1. The van der Waals surface area contributed by atoms with Crippen LogP contribution in [-0.4, -0.2) is 69.0 Å². The van der Waals surface area contributed by atoms with Crippen LogP contribution in [0.4, 0.5) is 19.1 Å². The molecule has 44 heavy (non-hydrogen) atoms. The van der Waals surface area contributed by atoms with Gasteiger partial charge in [-0.05, 0) is 69.1 Å². The summed E-state index contributed by atoms with van der Waals surface area (Å²) in [6.45, 7) is 2.73. The molecule has 1 aromatic heterocycles. The molecule has 3 heterocycles. The lowest BCUT2D eigenvalue weighted by Crippen LogP contribution is -2.44. The highest BCUT2D eigenvalue weighted by Gasteiger charge is 2.50. The molecule has 0 spiro atoms. The maximum Gasteiger partial charge on any atom is 0.471 e. The highest BCUT2D eigenvalue weighted by atomic mass is 19.4. The molecule has 0 radical (unpaired) electrons. The predicted molar refractivity (Wildman–Crippen MR) is 160 cm³/mol. The maximum atomic E-state index is 13.6. The maximum absolute atomic E-state index is 13.6. The summed E-state index contributed by atoms with van der Waals surface area (Å²) in [5.41, 5.74) is 0.732. The molecule has 2 aliphatic heterocycles. The number of fused-ring (bicyclic) bond motifs is 2. The van der Waals surface area contributed by atoms with Gasteiger partial charge in [-0.2, -0.15) is 13.2 Å². The quantitative estimate of drug-likeness (QED) is 0.243. The summed E-state index contributed by atoms with van der Waals surface area (Å²) in [7, 11) is 0. The molecule has 0 saturated carbocycles. The van der Waals surface area contributed by atoms with E-state index in [0.29, 0.717) is 45.5 Å². The molecule has 0 aliphatic carbocycles. The van der Waals surface area contributed by atoms with Crippen molar-refractivity contribution in [2.45, 2.75) is 50.6 Å². The van der Waals surface area contributed by atoms with Crippen LogP contribution in [0.15, 0.2) is 72.8 Å². The van der Waals surface area contributed by atoms with Gasteiger partial charge < -0.3 is 15.0 Å². The fourth-order valence-corrected chi connectivity index (χ4v) is 6.26. The molecule has 2 amide bonds. The van der Waals surface area contributed by atoms with Gasteiger partial charge in [0.05, 0.1) is 11.0 Å². The second-order valence-electron chi connectivity index (χ2n) is 11.5. The van der Waals surface area contributed by atoms with E-state index in [4.69, 9.17) is 0 Å². The van der Waals surface area contributed by atoms with Gasteiger partial charge in [0.15, 0.2) is 5.72 Å². The van der Waals surface area contributed by atoms with Crippen LogP contribution in [0.1, 0.15) is 59.2 Å². The molecule has 1 saturated heterocycles. The number of H-pyrrole nitrogens is 1. The van der Waals surface area contributed by atoms with Gasteiger partial charge in [-0.25, -0.2) is 4.98 Å². The number of hydrogen-bond acceptors (Lipinski definition) is 5. The molecule has 1 unspecified atom stereocenters. The van der Waals surface area contributed by atoms with Crippen molar-refractivity contribution >= 4 is 28.8 Å². The molecule has 6 rings (SSSR count). The lowest BCUT2D eigenvalue weighted by atomic mass is 9.93. The van der Waals surface area contributed by atoms with Crippen LogP contribution in [0.3, 0.4) is 0 Å². The third-order valence-corrected chi connectivity index (χ3v) is 8.52. The Hall–Kier alpha value is -4.22. The van der Waals surface area contributed by atoms with Crippen molar-refractivity contribution in [3.8, 4) is 0 Å². The number of halogens is 3. The van der Waals surface area contributed by atoms with Crippen molar-refractivity contribution < 1.29 is 27.9 Å². The minimum atomic E-state index is -5.07. The Morgan fingerprint density at radius 2 is 1.70 bits per heavy atom. The van der Waals surface area contributed by atoms with Gasteiger partial charge in [-0.15, -0.1) is 0 Å². The van der Waals surface area contributed by atoms with Crippen LogP contribution in [0.2, 0.25) is 0 Å². The number of hydrogen-bond donors (Lipinski definition) is 2. The number of aromatic amines is 1. The molecule has 8 nitrogen and oxygen atoms in total. The molecule has 3 aromatic carbocycles. The Balaban J connectivity index is 1.31. The molecule has 2 aliphatic rings. The van der Waals surface area contributed by atoms with Crippen LogP contribution in [0.5, 0.6) is 0 Å². The molecular weight excluding hydrogens is 571 g/mol. The minimum Gasteiger partial charge on any atom is -0.363 e. The third-order valence-electron chi connectivity index (χ3n) is 8.52. The lowest BCUT2D eigenvalue weighted by molar-refractivity contribution is -0.170. The summed E-state index contributed by atoms with van der Waals surface area (Å²) in [5.74, 6) is -2.55. The standard InChI is InChI=1S/C33H34F3N5O3/c34-33(35,36)30(43)40(20-10-9-19-39-17-7-2-8-18-39)31-37-27-16-15-24(21-28(27)38-31)32(44)26-14-6-5-13-25(26)29(42)41(32)22-23-11-3-1-4-12-23/h1,3-6,11-16,21,44H,2,7-10,17-20,22H2,(H,37,38). The smallest absolute Gasteiger partial charge is 0.363 e. The summed E-state index contributed by atoms with van der Waals surface area (Å²) < 4.78 is 40.9. The third kappa shape index (κ3) is 5.69. The van der Waals surface area contributed by atoms with E-state index in [1.807, 2.05) is 30.3 Å². The van der Waals surface area contributed by atoms with Crippen LogP contribution >= 0.6 is 0 Å². The number of unbranched alkanes of at least 4 members (excludes halogenated alkanes) is 1. The zero-order valence-corrected chi connectivity index (χ0v) is 24.2. The fourth-order valence-electron chi connectivity index (χ4n) is 6.26. The second-order valence-corrected chi connectivity index (χ2v) is 11.5. The van der Waals surface area contributed by atoms with Gasteiger partial charge >= 0.3 is 12.1 Å². The predicted octanol–water partition coefficient (Wildman–Crippen LogP) is 5.57. The normalized spacial score (nSPS) is 19.0. The van der Waals surface area contributed by atoms with Crippen molar-refractivity contribution in [1.29, 1.82) is 0 Å². The van der Waals surface area contributed by atoms with Gasteiger partial charge in [0, 0.05) is 29.8 Å². The van der Waals surface area contributed by atoms with E-state index in [9.17, 15) is 27.9 Å². The fraction of sp³-hybridized carbons (Fsp3) is 0.364. The lowest BCUT2D eigenvalue weighted by Gasteiger charge is -2.35. The van der Waals surface area contributed by atoms with Crippen LogP contribution in [0.25, 0.3) is 11.0 Å². The molecule has 1 atom stereocenters. The molecular formula is C33H34F3N5O3. The summed E-state index contributed by atoms with van der Waals surface area (Å²) in [5, 5.41) is 12.3. The van der Waals surface area contributed by atoms with Crippen molar-refractivity contribution in [2.75, 3.05) is 31.1 Å². The molecule has 1 fully saturated rings. The second kappa shape index (κ2) is 12.0. The van der Waals surface area contributed by atoms with E-state index in [0.717, 1.165) is 38.0 Å². The highest BCUT2D eigenvalue weighted by Crippen LogP contribution is 2.43. The first-order valence-electron chi connectivity index (χ1n) is 15.0. The minimum absolute atomic E-state index is 0.127. The first kappa shape index (κ1) is 29.8. The largest absolute Gasteiger partial charge is 0.471 e. The number of nitrogens with zero attached hydrogens (tertiary/aromatic N) is 4. The topological polar surface area (TPSA) is 92.8 Å². The number of piperidine rings is 1. The van der Waals surface area contributed by atoms with Gasteiger partial charge in [-0.1, -0.05) is 61.0 Å². The van der Waals surface area contributed by atoms with Crippen LogP contribution in [0, 0.1) is 0 Å². The number of aliphatic hydroxyl groups is 1. The Labute approximate surface area is 253 Å². The van der Waals surface area contributed by atoms with Gasteiger partial charge in [-0.3, -0.25) is 19.4 Å². The summed E-state index contributed by atoms with van der Waals surface area (Å²) in [4.78, 5) is 37.6. The van der Waals surface area contributed by atoms with Crippen LogP contribution < -0.4 is 4.90 Å². The van der Waals surface area contributed by atoms with Crippen LogP contribution in [-0.2, 0) is 17.1 Å². The van der Waals surface area contributed by atoms with Gasteiger partial charge in [0.2, 0.25) is 5.95 Å². The van der Waals surface area contributed by atoms with E-state index in [1.165, 1.54) is 11.3 Å². The molecule has 11 heteroatoms. The van der Waals surface area contributed by atoms with E-state index < -0.39 is 17.8 Å². The number of benzene rings is 3. The number of nitrogens with one attached hydrogen (secondary N) is 1. The zero-order valence-electron chi connectivity index (χ0n) is 24.2. The number of likely N-dealkylation sites (tertiary alicyclic amines) is 1. The highest BCUT2D eigenvalue weighted by molar-refractivity contribution is 6.01. The van der Waals surface area contributed by atoms with Gasteiger partial charge in [0.1, 0.15) is 0 Å². The van der Waals surface area contributed by atoms with E-state index >= 15 is 0 Å². The number of carbonyl (C=O) groups is 2. The van der Waals surface area contributed by atoms with Gasteiger partial charge in [0.25, 0.3) is 5.91 Å². The Morgan fingerprint density at radius 3 is 2.45 bits per heavy atom. The van der Waals surface area contributed by atoms with E-state index in [2.05, 4.69) is 14.9 Å². The Morgan fingerprint density at radius 1 is 0.977 bits per heavy atom. The number of imidazole rings is 1. The number of alkyl halides is 3. The van der Waals surface area contributed by atoms with Crippen molar-refractivity contribution in [2.24, 2.45) is 0 Å². The van der Waals surface area contributed by atoms with E-state index in [-0.39, 0.29) is 24.9 Å². The Bertz CT molecular complexity index is 1650. The summed E-state index contributed by atoms with van der Waals surface area (Å²) in [6.07, 6.45) is -0.587. The Kier molecular flexibility index (Phi) is 8.17. The number of amides is 2. The number of rotatable bonds is 9. The first-order valence-corrected chi connectivity index (χ1v) is 15.0. The van der Waals surface area contributed by atoms with E-state index in [1.54, 1.807) is 42.5 Å². The molecule has 230 valence electrons. The van der Waals surface area contributed by atoms with Crippen molar-refractivity contribution in [1.82, 2.24) is 19.8 Å². The monoisotopic (exact) mass is 605 g/mol. The van der Waals surface area contributed by atoms with Crippen molar-refractivity contribution in [3.63, 3.8) is 0 Å². The zero-order chi connectivity index (χ0) is 30.9. The summed E-state index contributed by atoms with van der Waals surface area (Å²) in [6, 6.07) is 20.8. The SMILES string of the molecule is O=C1c2ccccc2C(O)(c2ccc3nc(N(CCCCN4CCCCC4)C(=O)C(F)(F)F)[nH]c3c2)N1Cc1ccccc1. The molecule has 2 N–H and O–H groups in total. The van der Waals surface area contributed by atoms with Crippen molar-refractivity contribution in [3.05, 3.63) is 95.1 Å². The average molecular weight is 606 g/mol. The number of aromatic nitrogens is 2.